The van der Waals surface area contributed by atoms with Crippen LogP contribution in [0.5, 0.6) is 5.75 Å². The third-order valence-corrected chi connectivity index (χ3v) is 3.84. The van der Waals surface area contributed by atoms with Crippen LogP contribution < -0.4 is 15.4 Å². The molecule has 0 aliphatic carbocycles. The lowest BCUT2D eigenvalue weighted by Crippen LogP contribution is -2.51. The van der Waals surface area contributed by atoms with Gasteiger partial charge in [0, 0.05) is 5.02 Å². The zero-order valence-electron chi connectivity index (χ0n) is 13.1. The molecule has 0 bridgehead atoms. The summed E-state index contributed by atoms with van der Waals surface area (Å²) < 4.78 is 5.26. The summed E-state index contributed by atoms with van der Waals surface area (Å²) in [7, 11) is 0. The molecule has 2 aromatic rings. The first-order valence-electron chi connectivity index (χ1n) is 7.38. The molecule has 130 valence electrons. The highest BCUT2D eigenvalue weighted by Gasteiger charge is 2.25. The van der Waals surface area contributed by atoms with Gasteiger partial charge in [0.15, 0.2) is 5.11 Å². The van der Waals surface area contributed by atoms with Crippen LogP contribution in [0.4, 0.5) is 0 Å². The number of nitrogens with one attached hydrogen (secondary N) is 2. The van der Waals surface area contributed by atoms with Crippen LogP contribution >= 0.6 is 23.8 Å². The van der Waals surface area contributed by atoms with Crippen molar-refractivity contribution in [3.05, 3.63) is 70.3 Å². The average Bonchev–Trinajstić information content (AvgIpc) is 2.59. The van der Waals surface area contributed by atoms with Gasteiger partial charge in [-0.2, -0.15) is 0 Å². The molecule has 0 unspecified atom stereocenters. The van der Waals surface area contributed by atoms with Crippen LogP contribution in [0.15, 0.2) is 54.1 Å². The molecule has 2 N–H and O–H groups in total. The van der Waals surface area contributed by atoms with E-state index in [9.17, 15) is 14.4 Å². The normalized spacial score (nSPS) is 13.7. The molecule has 6 nitrogen and oxygen atoms in total. The average molecular weight is 387 g/mol. The zero-order valence-corrected chi connectivity index (χ0v) is 14.7. The Morgan fingerprint density at radius 1 is 1.04 bits per heavy atom. The molecular weight excluding hydrogens is 376 g/mol. The van der Waals surface area contributed by atoms with Crippen LogP contribution in [0, 0.1) is 0 Å². The van der Waals surface area contributed by atoms with E-state index in [1.54, 1.807) is 42.5 Å². The molecule has 1 saturated heterocycles. The van der Waals surface area contributed by atoms with Crippen molar-refractivity contribution in [1.29, 1.82) is 0 Å². The fraction of sp³-hybridized carbons (Fsp3) is 0. The van der Waals surface area contributed by atoms with E-state index in [1.165, 1.54) is 12.1 Å². The van der Waals surface area contributed by atoms with Gasteiger partial charge in [0.1, 0.15) is 11.3 Å². The quantitative estimate of drug-likeness (QED) is 0.278. The molecule has 0 spiro atoms. The maximum atomic E-state index is 12.1. The van der Waals surface area contributed by atoms with Crippen molar-refractivity contribution in [2.45, 2.75) is 0 Å². The lowest BCUT2D eigenvalue weighted by Gasteiger charge is -2.16. The highest BCUT2D eigenvalue weighted by molar-refractivity contribution is 7.80. The molecule has 1 aliphatic heterocycles. The number of benzene rings is 2. The first kappa shape index (κ1) is 17.8. The van der Waals surface area contributed by atoms with E-state index in [2.05, 4.69) is 10.6 Å². The van der Waals surface area contributed by atoms with E-state index < -0.39 is 17.8 Å². The molecule has 8 heteroatoms. The summed E-state index contributed by atoms with van der Waals surface area (Å²) in [5.74, 6) is -1.38. The number of carbonyl (C=O) groups is 3. The number of ether oxygens (including phenoxy) is 1. The summed E-state index contributed by atoms with van der Waals surface area (Å²) in [5.41, 5.74) is 0.846. The monoisotopic (exact) mass is 386 g/mol. The van der Waals surface area contributed by atoms with Gasteiger partial charge in [0.05, 0.1) is 5.56 Å². The van der Waals surface area contributed by atoms with Crippen LogP contribution in [0.25, 0.3) is 6.08 Å². The Morgan fingerprint density at radius 3 is 2.31 bits per heavy atom. The number of rotatable bonds is 3. The molecule has 2 aromatic carbocycles. The molecule has 26 heavy (non-hydrogen) atoms. The molecule has 1 aliphatic rings. The molecule has 1 heterocycles. The van der Waals surface area contributed by atoms with Gasteiger partial charge in [-0.25, -0.2) is 4.79 Å². The lowest BCUT2D eigenvalue weighted by molar-refractivity contribution is -0.123. The largest absolute Gasteiger partial charge is 0.423 e. The van der Waals surface area contributed by atoms with E-state index in [4.69, 9.17) is 28.6 Å². The topological polar surface area (TPSA) is 84.5 Å². The first-order chi connectivity index (χ1) is 12.4. The Hall–Kier alpha value is -3.03. The molecule has 0 saturated carbocycles. The Kier molecular flexibility index (Phi) is 5.11. The molecular formula is C18H11ClN2O4S. The van der Waals surface area contributed by atoms with Crippen molar-refractivity contribution >= 4 is 52.8 Å². The van der Waals surface area contributed by atoms with Crippen LogP contribution in [-0.4, -0.2) is 22.9 Å². The summed E-state index contributed by atoms with van der Waals surface area (Å²) in [5, 5.41) is 5.11. The van der Waals surface area contributed by atoms with Gasteiger partial charge in [-0.15, -0.1) is 0 Å². The highest BCUT2D eigenvalue weighted by Crippen LogP contribution is 2.18. The Morgan fingerprint density at radius 2 is 1.69 bits per heavy atom. The number of hydrogen-bond acceptors (Lipinski definition) is 5. The first-order valence-corrected chi connectivity index (χ1v) is 8.17. The number of amides is 2. The van der Waals surface area contributed by atoms with E-state index in [1.807, 2.05) is 0 Å². The minimum atomic E-state index is -0.574. The number of halogens is 1. The Balaban J connectivity index is 1.73. The van der Waals surface area contributed by atoms with E-state index in [-0.39, 0.29) is 10.7 Å². The summed E-state index contributed by atoms with van der Waals surface area (Å²) in [6.07, 6.45) is 1.41. The lowest BCUT2D eigenvalue weighted by atomic mass is 10.1. The molecule has 3 rings (SSSR count). The van der Waals surface area contributed by atoms with Gasteiger partial charge < -0.3 is 4.74 Å². The minimum Gasteiger partial charge on any atom is -0.423 e. The van der Waals surface area contributed by atoms with Crippen LogP contribution in [0.3, 0.4) is 0 Å². The standard InChI is InChI=1S/C18H11ClN2O4S/c19-12-3-1-2-11(9-12)17(24)25-13-6-4-10(5-7-13)8-14-15(22)20-18(26)21-16(14)23/h1-9H,(H2,20,21,22,23,26). The number of hydrogen-bond donors (Lipinski definition) is 2. The SMILES string of the molecule is O=C1NC(=S)NC(=O)C1=Cc1ccc(OC(=O)c2cccc(Cl)c2)cc1. The Bertz CT molecular complexity index is 932. The fourth-order valence-electron chi connectivity index (χ4n) is 2.19. The van der Waals surface area contributed by atoms with Crippen LogP contribution in [0.2, 0.25) is 5.02 Å². The van der Waals surface area contributed by atoms with Crippen LogP contribution in [0.1, 0.15) is 15.9 Å². The van der Waals surface area contributed by atoms with Gasteiger partial charge in [-0.1, -0.05) is 29.8 Å². The number of carbonyl (C=O) groups excluding carboxylic acids is 3. The summed E-state index contributed by atoms with van der Waals surface area (Å²) in [4.78, 5) is 35.7. The maximum absolute atomic E-state index is 12.1. The van der Waals surface area contributed by atoms with Gasteiger partial charge in [-0.05, 0) is 54.2 Å². The van der Waals surface area contributed by atoms with Crippen molar-refractivity contribution in [3.63, 3.8) is 0 Å². The summed E-state index contributed by atoms with van der Waals surface area (Å²) in [6, 6.07) is 12.7. The Labute approximate surface area is 158 Å². The van der Waals surface area contributed by atoms with Gasteiger partial charge >= 0.3 is 5.97 Å². The smallest absolute Gasteiger partial charge is 0.343 e. The number of thiocarbonyl (C=S) groups is 1. The van der Waals surface area contributed by atoms with E-state index >= 15 is 0 Å². The molecule has 0 radical (unpaired) electrons. The summed E-state index contributed by atoms with van der Waals surface area (Å²) >= 11 is 10.6. The maximum Gasteiger partial charge on any atom is 0.343 e. The second kappa shape index (κ2) is 7.47. The predicted octanol–water partition coefficient (Wildman–Crippen LogP) is 2.47. The van der Waals surface area contributed by atoms with Crippen molar-refractivity contribution in [2.24, 2.45) is 0 Å². The second-order valence-electron chi connectivity index (χ2n) is 5.26. The second-order valence-corrected chi connectivity index (χ2v) is 6.11. The highest BCUT2D eigenvalue weighted by atomic mass is 35.5. The molecule has 2 amide bonds. The molecule has 0 aromatic heterocycles. The van der Waals surface area contributed by atoms with Crippen molar-refractivity contribution in [2.75, 3.05) is 0 Å². The van der Waals surface area contributed by atoms with Crippen molar-refractivity contribution < 1.29 is 19.1 Å². The summed E-state index contributed by atoms with van der Waals surface area (Å²) in [6.45, 7) is 0. The number of esters is 1. The zero-order chi connectivity index (χ0) is 18.7. The molecule has 1 fully saturated rings. The van der Waals surface area contributed by atoms with Gasteiger partial charge in [-0.3, -0.25) is 20.2 Å². The van der Waals surface area contributed by atoms with Crippen molar-refractivity contribution in [3.8, 4) is 5.75 Å². The van der Waals surface area contributed by atoms with Gasteiger partial charge in [0.25, 0.3) is 11.8 Å². The van der Waals surface area contributed by atoms with Gasteiger partial charge in [0.2, 0.25) is 0 Å². The minimum absolute atomic E-state index is 0.0274. The molecule has 0 atom stereocenters. The van der Waals surface area contributed by atoms with Crippen LogP contribution in [-0.2, 0) is 9.59 Å². The third-order valence-electron chi connectivity index (χ3n) is 3.41. The fourth-order valence-corrected chi connectivity index (χ4v) is 2.56. The third kappa shape index (κ3) is 4.14. The van der Waals surface area contributed by atoms with E-state index in [0.29, 0.717) is 21.9 Å². The van der Waals surface area contributed by atoms with E-state index in [0.717, 1.165) is 0 Å². The predicted molar refractivity (Wildman–Crippen MR) is 99.7 cm³/mol. The van der Waals surface area contributed by atoms with Crippen molar-refractivity contribution in [1.82, 2.24) is 10.6 Å².